The van der Waals surface area contributed by atoms with Gasteiger partial charge in [-0.2, -0.15) is 0 Å². The quantitative estimate of drug-likeness (QED) is 0.480. The molecule has 0 saturated heterocycles. The summed E-state index contributed by atoms with van der Waals surface area (Å²) in [5.41, 5.74) is -0.700. The molecule has 1 aromatic carbocycles. The van der Waals surface area contributed by atoms with E-state index in [9.17, 15) is 9.18 Å². The van der Waals surface area contributed by atoms with Crippen molar-refractivity contribution in [3.8, 4) is 17.2 Å². The Balaban J connectivity index is 3.66. The number of benzene rings is 1. The van der Waals surface area contributed by atoms with Crippen molar-refractivity contribution in [1.29, 1.82) is 0 Å². The Hall–Kier alpha value is -1.49. The number of aromatic hydroxyl groups is 3. The third-order valence-electron chi connectivity index (χ3n) is 1.46. The number of rotatable bonds is 1. The average Bonchev–Trinajstić information content (AvgIpc) is 2.13. The average molecular weight is 207 g/mol. The molecule has 3 N–H and O–H groups in total. The van der Waals surface area contributed by atoms with Gasteiger partial charge in [-0.25, -0.2) is 4.39 Å². The van der Waals surface area contributed by atoms with E-state index in [2.05, 4.69) is 0 Å². The Morgan fingerprint density at radius 1 is 1.15 bits per heavy atom. The lowest BCUT2D eigenvalue weighted by molar-refractivity contribution is 0.111. The molecule has 0 atom stereocenters. The van der Waals surface area contributed by atoms with E-state index < -0.39 is 33.7 Å². The van der Waals surface area contributed by atoms with Crippen molar-refractivity contribution in [3.63, 3.8) is 0 Å². The van der Waals surface area contributed by atoms with Gasteiger partial charge in [0.2, 0.25) is 5.75 Å². The highest BCUT2D eigenvalue weighted by molar-refractivity contribution is 6.34. The van der Waals surface area contributed by atoms with E-state index in [0.29, 0.717) is 0 Å². The van der Waals surface area contributed by atoms with Crippen molar-refractivity contribution < 1.29 is 24.5 Å². The molecule has 0 saturated carbocycles. The van der Waals surface area contributed by atoms with E-state index in [1.807, 2.05) is 0 Å². The molecule has 6 heteroatoms. The van der Waals surface area contributed by atoms with Gasteiger partial charge in [0, 0.05) is 0 Å². The zero-order valence-electron chi connectivity index (χ0n) is 6.08. The van der Waals surface area contributed by atoms with Crippen LogP contribution in [0.4, 0.5) is 4.39 Å². The fourth-order valence-electron chi connectivity index (χ4n) is 0.775. The van der Waals surface area contributed by atoms with Crippen LogP contribution in [0.5, 0.6) is 17.2 Å². The van der Waals surface area contributed by atoms with Gasteiger partial charge in [0.25, 0.3) is 0 Å². The molecule has 70 valence electrons. The van der Waals surface area contributed by atoms with Gasteiger partial charge in [-0.3, -0.25) is 4.79 Å². The van der Waals surface area contributed by atoms with Crippen LogP contribution in [0, 0.1) is 5.82 Å². The molecule has 0 heterocycles. The van der Waals surface area contributed by atoms with Crippen LogP contribution in [-0.4, -0.2) is 21.6 Å². The van der Waals surface area contributed by atoms with Crippen LogP contribution in [0.3, 0.4) is 0 Å². The first kappa shape index (κ1) is 9.60. The summed E-state index contributed by atoms with van der Waals surface area (Å²) in [4.78, 5) is 10.2. The van der Waals surface area contributed by atoms with Gasteiger partial charge in [-0.15, -0.1) is 0 Å². The molecule has 0 aliphatic rings. The van der Waals surface area contributed by atoms with Crippen molar-refractivity contribution >= 4 is 17.9 Å². The Morgan fingerprint density at radius 3 is 2.15 bits per heavy atom. The Morgan fingerprint density at radius 2 is 1.69 bits per heavy atom. The molecule has 0 radical (unpaired) electrons. The monoisotopic (exact) mass is 206 g/mol. The molecule has 0 spiro atoms. The Bertz CT molecular complexity index is 348. The van der Waals surface area contributed by atoms with Crippen LogP contribution in [0.2, 0.25) is 5.02 Å². The van der Waals surface area contributed by atoms with E-state index >= 15 is 0 Å². The fraction of sp³-hybridized carbons (Fsp3) is 0. The molecule has 0 aliphatic heterocycles. The summed E-state index contributed by atoms with van der Waals surface area (Å²) in [5, 5.41) is 26.0. The molecule has 13 heavy (non-hydrogen) atoms. The topological polar surface area (TPSA) is 77.8 Å². The molecule has 0 fully saturated rings. The Labute approximate surface area is 76.8 Å². The van der Waals surface area contributed by atoms with Gasteiger partial charge < -0.3 is 15.3 Å². The summed E-state index contributed by atoms with van der Waals surface area (Å²) in [6.07, 6.45) is 0.0244. The maximum Gasteiger partial charge on any atom is 0.205 e. The Kier molecular flexibility index (Phi) is 2.29. The van der Waals surface area contributed by atoms with E-state index in [1.54, 1.807) is 0 Å². The minimum absolute atomic E-state index is 0.0244. The second kappa shape index (κ2) is 3.10. The molecular formula is C7H4ClFO4. The number of phenols is 3. The third-order valence-corrected chi connectivity index (χ3v) is 1.84. The fourth-order valence-corrected chi connectivity index (χ4v) is 0.992. The number of halogens is 2. The summed E-state index contributed by atoms with van der Waals surface area (Å²) in [7, 11) is 0. The largest absolute Gasteiger partial charge is 0.503 e. The van der Waals surface area contributed by atoms with Crippen molar-refractivity contribution in [2.24, 2.45) is 0 Å². The number of aldehydes is 1. The molecule has 0 unspecified atom stereocenters. The summed E-state index contributed by atoms with van der Waals surface area (Å²) in [5.74, 6) is -4.59. The highest BCUT2D eigenvalue weighted by atomic mass is 35.5. The number of phenolic OH excluding ortho intramolecular Hbond substituents is 3. The number of carbonyl (C=O) groups is 1. The summed E-state index contributed by atoms with van der Waals surface area (Å²) in [6, 6.07) is 0. The normalized spacial score (nSPS) is 10.0. The van der Waals surface area contributed by atoms with Gasteiger partial charge in [0.15, 0.2) is 23.6 Å². The van der Waals surface area contributed by atoms with Crippen LogP contribution in [-0.2, 0) is 0 Å². The molecule has 0 aromatic heterocycles. The van der Waals surface area contributed by atoms with Crippen LogP contribution in [0.1, 0.15) is 10.4 Å². The summed E-state index contributed by atoms with van der Waals surface area (Å²) >= 11 is 5.28. The summed E-state index contributed by atoms with van der Waals surface area (Å²) < 4.78 is 12.9. The lowest BCUT2D eigenvalue weighted by Crippen LogP contribution is -1.91. The van der Waals surface area contributed by atoms with Crippen LogP contribution in [0.25, 0.3) is 0 Å². The molecule has 4 nitrogen and oxygen atoms in total. The van der Waals surface area contributed by atoms with Crippen molar-refractivity contribution in [1.82, 2.24) is 0 Å². The van der Waals surface area contributed by atoms with Gasteiger partial charge >= 0.3 is 0 Å². The lowest BCUT2D eigenvalue weighted by atomic mass is 10.2. The number of carbonyl (C=O) groups excluding carboxylic acids is 1. The first-order chi connectivity index (χ1) is 6.00. The van der Waals surface area contributed by atoms with Crippen LogP contribution < -0.4 is 0 Å². The standard InChI is InChI=1S/C7H4ClFO4/c8-3-2(1-10)4(9)6(12)7(13)5(3)11/h1,11-13H. The number of hydrogen-bond donors (Lipinski definition) is 3. The zero-order chi connectivity index (χ0) is 10.2. The van der Waals surface area contributed by atoms with Gasteiger partial charge in [0.1, 0.15) is 0 Å². The third kappa shape index (κ3) is 1.27. The molecular weight excluding hydrogens is 203 g/mol. The second-order valence-electron chi connectivity index (χ2n) is 2.21. The van der Waals surface area contributed by atoms with E-state index in [1.165, 1.54) is 0 Å². The molecule has 1 rings (SSSR count). The highest BCUT2D eigenvalue weighted by Crippen LogP contribution is 2.44. The van der Waals surface area contributed by atoms with E-state index in [-0.39, 0.29) is 6.29 Å². The molecule has 0 amide bonds. The maximum atomic E-state index is 12.9. The SMILES string of the molecule is O=Cc1c(F)c(O)c(O)c(O)c1Cl. The smallest absolute Gasteiger partial charge is 0.205 e. The van der Waals surface area contributed by atoms with Crippen molar-refractivity contribution in [2.75, 3.05) is 0 Å². The summed E-state index contributed by atoms with van der Waals surface area (Å²) in [6.45, 7) is 0. The number of hydrogen-bond acceptors (Lipinski definition) is 4. The van der Waals surface area contributed by atoms with Crippen molar-refractivity contribution in [3.05, 3.63) is 16.4 Å². The predicted octanol–water partition coefficient (Wildman–Crippen LogP) is 1.41. The van der Waals surface area contributed by atoms with Gasteiger partial charge in [0.05, 0.1) is 10.6 Å². The van der Waals surface area contributed by atoms with Crippen LogP contribution in [0.15, 0.2) is 0 Å². The van der Waals surface area contributed by atoms with Crippen LogP contribution >= 0.6 is 11.6 Å². The lowest BCUT2D eigenvalue weighted by Gasteiger charge is -2.06. The van der Waals surface area contributed by atoms with Crippen molar-refractivity contribution in [2.45, 2.75) is 0 Å². The first-order valence-electron chi connectivity index (χ1n) is 3.07. The molecule has 1 aromatic rings. The zero-order valence-corrected chi connectivity index (χ0v) is 6.84. The van der Waals surface area contributed by atoms with E-state index in [0.717, 1.165) is 0 Å². The highest BCUT2D eigenvalue weighted by Gasteiger charge is 2.21. The minimum atomic E-state index is -1.37. The molecule has 0 bridgehead atoms. The second-order valence-corrected chi connectivity index (χ2v) is 2.58. The predicted molar refractivity (Wildman–Crippen MR) is 41.8 cm³/mol. The maximum absolute atomic E-state index is 12.9. The first-order valence-corrected chi connectivity index (χ1v) is 3.45. The minimum Gasteiger partial charge on any atom is -0.503 e. The van der Waals surface area contributed by atoms with Gasteiger partial charge in [-0.05, 0) is 0 Å². The van der Waals surface area contributed by atoms with Gasteiger partial charge in [-0.1, -0.05) is 11.6 Å². The molecule has 0 aliphatic carbocycles. The van der Waals surface area contributed by atoms with E-state index in [4.69, 9.17) is 26.9 Å².